The van der Waals surface area contributed by atoms with Gasteiger partial charge in [-0.3, -0.25) is 4.79 Å². The van der Waals surface area contributed by atoms with Crippen molar-refractivity contribution in [2.75, 3.05) is 5.32 Å². The van der Waals surface area contributed by atoms with E-state index in [1.807, 2.05) is 0 Å². The van der Waals surface area contributed by atoms with Crippen molar-refractivity contribution < 1.29 is 27.1 Å². The molecule has 1 aromatic carbocycles. The van der Waals surface area contributed by atoms with Gasteiger partial charge in [-0.15, -0.1) is 0 Å². The Morgan fingerprint density at radius 3 is 2.50 bits per heavy atom. The van der Waals surface area contributed by atoms with Gasteiger partial charge in [-0.2, -0.15) is 17.9 Å². The van der Waals surface area contributed by atoms with Crippen LogP contribution >= 0.6 is 0 Å². The van der Waals surface area contributed by atoms with E-state index < -0.39 is 23.7 Å². The summed E-state index contributed by atoms with van der Waals surface area (Å²) in [5, 5.41) is 14.4. The van der Waals surface area contributed by atoms with Gasteiger partial charge in [-0.25, -0.2) is 4.39 Å². The molecule has 1 aromatic heterocycles. The van der Waals surface area contributed by atoms with Crippen molar-refractivity contribution in [2.24, 2.45) is 11.7 Å². The molecule has 2 aromatic rings. The highest BCUT2D eigenvalue weighted by Crippen LogP contribution is 2.38. The van der Waals surface area contributed by atoms with Crippen molar-refractivity contribution in [3.05, 3.63) is 64.9 Å². The molecule has 3 N–H and O–H groups in total. The summed E-state index contributed by atoms with van der Waals surface area (Å²) in [6.45, 7) is 1.31. The Kier molecular flexibility index (Phi) is 6.12. The molecule has 0 spiro atoms. The number of nitrogens with zero attached hydrogens (tertiary/aromatic N) is 1. The van der Waals surface area contributed by atoms with Gasteiger partial charge in [0.15, 0.2) is 11.9 Å². The van der Waals surface area contributed by atoms with Gasteiger partial charge >= 0.3 is 6.18 Å². The van der Waals surface area contributed by atoms with Crippen LogP contribution in [0.3, 0.4) is 0 Å². The lowest BCUT2D eigenvalue weighted by molar-refractivity contribution is -0.611. The van der Waals surface area contributed by atoms with E-state index in [-0.39, 0.29) is 35.0 Å². The number of alkyl halides is 3. The summed E-state index contributed by atoms with van der Waals surface area (Å²) in [5.41, 5.74) is 5.32. The highest BCUT2D eigenvalue weighted by atomic mass is 19.4. The summed E-state index contributed by atoms with van der Waals surface area (Å²) in [6.07, 6.45) is -1.27. The molecule has 160 valence electrons. The second-order valence-electron chi connectivity index (χ2n) is 7.29. The second-order valence-corrected chi connectivity index (χ2v) is 7.29. The van der Waals surface area contributed by atoms with Crippen LogP contribution in [0.25, 0.3) is 11.1 Å². The van der Waals surface area contributed by atoms with E-state index in [2.05, 4.69) is 5.32 Å². The van der Waals surface area contributed by atoms with Crippen LogP contribution in [-0.4, -0.2) is 11.9 Å². The number of amides is 1. The third kappa shape index (κ3) is 4.62. The fourth-order valence-electron chi connectivity index (χ4n) is 3.55. The maximum absolute atomic E-state index is 13.4. The predicted molar refractivity (Wildman–Crippen MR) is 104 cm³/mol. The molecular weight excluding hydrogens is 402 g/mol. The van der Waals surface area contributed by atoms with Crippen LogP contribution in [0.4, 0.5) is 23.2 Å². The van der Waals surface area contributed by atoms with Gasteiger partial charge in [-0.1, -0.05) is 18.2 Å². The molecule has 0 radical (unpaired) electrons. The number of benzene rings is 1. The first-order chi connectivity index (χ1) is 14.1. The standard InChI is InChI=1S/C21H21F4N3O2/c1-12-18(17(21(23,24)25)10-11-28(12)30)13-4-8-16(9-5-13)27-20(29)19(26)14-2-6-15(22)7-3-14/h4-6,8-11,14,19H,2-3,7,26H2,1H3,(H,27,29)/t14?,19-/m0/s1. The van der Waals surface area contributed by atoms with Gasteiger partial charge in [0.1, 0.15) is 0 Å². The Morgan fingerprint density at radius 2 is 1.93 bits per heavy atom. The molecule has 3 rings (SSSR count). The number of hydrogen-bond acceptors (Lipinski definition) is 3. The van der Waals surface area contributed by atoms with Crippen LogP contribution in [0.1, 0.15) is 30.5 Å². The van der Waals surface area contributed by atoms with Gasteiger partial charge in [0.25, 0.3) is 0 Å². The van der Waals surface area contributed by atoms with E-state index in [0.717, 1.165) is 12.3 Å². The van der Waals surface area contributed by atoms with Crippen molar-refractivity contribution >= 4 is 11.6 Å². The molecule has 30 heavy (non-hydrogen) atoms. The first-order valence-electron chi connectivity index (χ1n) is 9.39. The summed E-state index contributed by atoms with van der Waals surface area (Å²) >= 11 is 0. The Balaban J connectivity index is 1.79. The molecule has 0 fully saturated rings. The highest BCUT2D eigenvalue weighted by molar-refractivity contribution is 5.95. The Morgan fingerprint density at radius 1 is 1.27 bits per heavy atom. The molecule has 2 atom stereocenters. The second kappa shape index (κ2) is 8.43. The molecule has 1 aliphatic rings. The van der Waals surface area contributed by atoms with Crippen LogP contribution in [0.2, 0.25) is 0 Å². The number of allylic oxidation sites excluding steroid dienone is 2. The summed E-state index contributed by atoms with van der Waals surface area (Å²) in [4.78, 5) is 12.4. The molecule has 1 heterocycles. The smallest absolute Gasteiger partial charge is 0.417 e. The van der Waals surface area contributed by atoms with Crippen molar-refractivity contribution in [3.63, 3.8) is 0 Å². The van der Waals surface area contributed by atoms with Gasteiger partial charge in [0.05, 0.1) is 23.0 Å². The summed E-state index contributed by atoms with van der Waals surface area (Å²) < 4.78 is 53.6. The highest BCUT2D eigenvalue weighted by Gasteiger charge is 2.36. The average molecular weight is 423 g/mol. The number of halogens is 4. The van der Waals surface area contributed by atoms with Crippen LogP contribution in [-0.2, 0) is 11.0 Å². The maximum Gasteiger partial charge on any atom is 0.417 e. The van der Waals surface area contributed by atoms with Crippen LogP contribution in [0, 0.1) is 18.0 Å². The van der Waals surface area contributed by atoms with Crippen molar-refractivity contribution in [1.29, 1.82) is 0 Å². The van der Waals surface area contributed by atoms with E-state index >= 15 is 0 Å². The van der Waals surface area contributed by atoms with Gasteiger partial charge in [0, 0.05) is 18.7 Å². The lowest BCUT2D eigenvalue weighted by Crippen LogP contribution is -2.42. The van der Waals surface area contributed by atoms with E-state index in [0.29, 0.717) is 23.3 Å². The lowest BCUT2D eigenvalue weighted by atomic mass is 9.87. The number of carbonyl (C=O) groups is 1. The largest absolute Gasteiger partial charge is 0.618 e. The molecule has 1 amide bonds. The van der Waals surface area contributed by atoms with Crippen molar-refractivity contribution in [2.45, 2.75) is 38.4 Å². The van der Waals surface area contributed by atoms with Crippen LogP contribution in [0.15, 0.2) is 48.4 Å². The fraction of sp³-hybridized carbons (Fsp3) is 0.333. The predicted octanol–water partition coefficient (Wildman–Crippen LogP) is 4.23. The Hall–Kier alpha value is -2.94. The summed E-state index contributed by atoms with van der Waals surface area (Å²) in [6, 6.07) is 5.60. The van der Waals surface area contributed by atoms with Gasteiger partial charge < -0.3 is 16.3 Å². The molecular formula is C21H21F4N3O2. The third-order valence-electron chi connectivity index (χ3n) is 5.29. The van der Waals surface area contributed by atoms with E-state index in [1.54, 1.807) is 0 Å². The van der Waals surface area contributed by atoms with Gasteiger partial charge in [0.2, 0.25) is 5.91 Å². The molecule has 0 bridgehead atoms. The summed E-state index contributed by atoms with van der Waals surface area (Å²) in [7, 11) is 0. The molecule has 5 nitrogen and oxygen atoms in total. The minimum atomic E-state index is -4.62. The third-order valence-corrected chi connectivity index (χ3v) is 5.29. The van der Waals surface area contributed by atoms with E-state index in [9.17, 15) is 27.6 Å². The van der Waals surface area contributed by atoms with Crippen molar-refractivity contribution in [1.82, 2.24) is 0 Å². The monoisotopic (exact) mass is 423 g/mol. The number of hydrogen-bond donors (Lipinski definition) is 2. The number of nitrogens with two attached hydrogens (primary N) is 1. The molecule has 0 aliphatic heterocycles. The molecule has 0 saturated heterocycles. The minimum absolute atomic E-state index is 0.0822. The molecule has 0 saturated carbocycles. The number of nitrogens with one attached hydrogen (secondary N) is 1. The van der Waals surface area contributed by atoms with Crippen LogP contribution in [0.5, 0.6) is 0 Å². The molecule has 1 unspecified atom stereocenters. The average Bonchev–Trinajstić information content (AvgIpc) is 2.70. The number of pyridine rings is 1. The normalized spacial score (nSPS) is 17.9. The summed E-state index contributed by atoms with van der Waals surface area (Å²) in [5.74, 6) is -0.839. The lowest BCUT2D eigenvalue weighted by Gasteiger charge is -2.24. The van der Waals surface area contributed by atoms with E-state index in [4.69, 9.17) is 5.73 Å². The number of rotatable bonds is 4. The fourth-order valence-corrected chi connectivity index (χ4v) is 3.55. The zero-order valence-corrected chi connectivity index (χ0v) is 16.2. The number of aromatic nitrogens is 1. The maximum atomic E-state index is 13.4. The van der Waals surface area contributed by atoms with Crippen LogP contribution < -0.4 is 15.8 Å². The number of anilines is 1. The van der Waals surface area contributed by atoms with E-state index in [1.165, 1.54) is 37.3 Å². The number of carbonyl (C=O) groups excluding carboxylic acids is 1. The first-order valence-corrected chi connectivity index (χ1v) is 9.39. The molecule has 1 aliphatic carbocycles. The quantitative estimate of drug-likeness (QED) is 0.439. The minimum Gasteiger partial charge on any atom is -0.618 e. The zero-order valence-electron chi connectivity index (χ0n) is 16.2. The van der Waals surface area contributed by atoms with Crippen molar-refractivity contribution in [3.8, 4) is 11.1 Å². The topological polar surface area (TPSA) is 82.1 Å². The zero-order chi connectivity index (χ0) is 22.1. The SMILES string of the molecule is Cc1c(-c2ccc(NC(=O)[C@@H](N)C3CC=C(F)CC3)cc2)c(C(F)(F)F)cc[n+]1[O-]. The molecule has 9 heteroatoms. The Bertz CT molecular complexity index is 971. The van der Waals surface area contributed by atoms with Gasteiger partial charge in [-0.05, 0) is 42.9 Å². The Labute approximate surface area is 170 Å². The first kappa shape index (κ1) is 21.8.